The van der Waals surface area contributed by atoms with Crippen molar-refractivity contribution in [3.8, 4) is 11.5 Å². The van der Waals surface area contributed by atoms with Crippen LogP contribution in [0.5, 0.6) is 11.5 Å². The predicted molar refractivity (Wildman–Crippen MR) is 128 cm³/mol. The summed E-state index contributed by atoms with van der Waals surface area (Å²) in [5.41, 5.74) is 1.26. The van der Waals surface area contributed by atoms with Crippen molar-refractivity contribution < 1.29 is 9.47 Å². The van der Waals surface area contributed by atoms with Crippen LogP contribution in [0.2, 0.25) is 13.3 Å². The minimum atomic E-state index is -2.31. The van der Waals surface area contributed by atoms with Gasteiger partial charge < -0.3 is 0 Å². The fraction of sp³-hybridized carbons (Fsp3) is 0.538. The maximum atomic E-state index is 5.97. The minimum absolute atomic E-state index is 0.619. The van der Waals surface area contributed by atoms with E-state index in [9.17, 15) is 0 Å². The quantitative estimate of drug-likeness (QED) is 0.252. The summed E-state index contributed by atoms with van der Waals surface area (Å²) in [6.45, 7) is 7.65. The van der Waals surface area contributed by atoms with E-state index >= 15 is 0 Å². The second-order valence-corrected chi connectivity index (χ2v) is 21.5. The van der Waals surface area contributed by atoms with Gasteiger partial charge in [-0.15, -0.1) is 0 Å². The van der Waals surface area contributed by atoms with Crippen LogP contribution in [0.15, 0.2) is 48.5 Å². The van der Waals surface area contributed by atoms with E-state index in [1.54, 1.807) is 10.7 Å². The topological polar surface area (TPSA) is 18.5 Å². The number of benzene rings is 2. The molecule has 2 rings (SSSR count). The standard InChI is InChI=1S/C14H13O2.3C4H9.Sn/c1-15-13-7-9-14(10-8-13)16-11-12-5-3-2-4-6-12;3*1-3-4-2;/h3-10H,11H2,1H3;3*1,3-4H2,2H3;. The first-order valence-corrected chi connectivity index (χ1v) is 19.0. The van der Waals surface area contributed by atoms with Gasteiger partial charge >= 0.3 is 183 Å². The summed E-state index contributed by atoms with van der Waals surface area (Å²) in [6, 6.07) is 17.4. The Balaban J connectivity index is 2.10. The van der Waals surface area contributed by atoms with Gasteiger partial charge in [0.2, 0.25) is 0 Å². The van der Waals surface area contributed by atoms with Crippen molar-refractivity contribution in [3.05, 3.63) is 54.1 Å². The van der Waals surface area contributed by atoms with Crippen LogP contribution in [0.3, 0.4) is 0 Å². The number of hydrogen-bond donors (Lipinski definition) is 0. The molecule has 0 radical (unpaired) electrons. The summed E-state index contributed by atoms with van der Waals surface area (Å²) in [5.74, 6) is 1.74. The summed E-state index contributed by atoms with van der Waals surface area (Å²) in [5, 5.41) is 0. The Morgan fingerprint density at radius 3 is 1.59 bits per heavy atom. The fourth-order valence-electron chi connectivity index (χ4n) is 4.15. The Morgan fingerprint density at radius 1 is 0.655 bits per heavy atom. The molecule has 0 saturated heterocycles. The van der Waals surface area contributed by atoms with Crippen LogP contribution in [0, 0.1) is 0 Å². The number of unbranched alkanes of at least 4 members (excludes halogenated alkanes) is 3. The first kappa shape index (κ1) is 24.1. The fourth-order valence-corrected chi connectivity index (χ4v) is 20.1. The van der Waals surface area contributed by atoms with Gasteiger partial charge in [0.05, 0.1) is 0 Å². The molecule has 2 nitrogen and oxygen atoms in total. The van der Waals surface area contributed by atoms with E-state index in [1.807, 2.05) is 24.3 Å². The Hall–Kier alpha value is -1.16. The second kappa shape index (κ2) is 13.2. The van der Waals surface area contributed by atoms with Crippen LogP contribution in [0.4, 0.5) is 0 Å². The molecule has 2 aromatic rings. The average molecular weight is 503 g/mol. The van der Waals surface area contributed by atoms with Gasteiger partial charge in [0, 0.05) is 0 Å². The number of rotatable bonds is 14. The Kier molecular flexibility index (Phi) is 11.0. The third-order valence-electron chi connectivity index (χ3n) is 6.06. The molecule has 0 saturated carbocycles. The average Bonchev–Trinajstić information content (AvgIpc) is 2.78. The molecule has 0 spiro atoms. The van der Waals surface area contributed by atoms with Crippen LogP contribution in [-0.4, -0.2) is 25.5 Å². The molecule has 2 aromatic carbocycles. The molecule has 0 amide bonds. The summed E-state index contributed by atoms with van der Waals surface area (Å²) in [7, 11) is 1.68. The Bertz CT molecular complexity index is 657. The molecule has 29 heavy (non-hydrogen) atoms. The van der Waals surface area contributed by atoms with Crippen LogP contribution in [0.25, 0.3) is 0 Å². The van der Waals surface area contributed by atoms with Crippen molar-refractivity contribution >= 4 is 22.0 Å². The zero-order valence-corrected chi connectivity index (χ0v) is 21.9. The van der Waals surface area contributed by atoms with Gasteiger partial charge in [-0.2, -0.15) is 0 Å². The molecule has 0 heterocycles. The monoisotopic (exact) mass is 504 g/mol. The van der Waals surface area contributed by atoms with Crippen LogP contribution in [-0.2, 0) is 6.61 Å². The summed E-state index contributed by atoms with van der Waals surface area (Å²) in [4.78, 5) is 0. The van der Waals surface area contributed by atoms with Crippen LogP contribution < -0.4 is 13.1 Å². The van der Waals surface area contributed by atoms with Gasteiger partial charge in [-0.1, -0.05) is 0 Å². The second-order valence-electron chi connectivity index (χ2n) is 8.25. The normalized spacial score (nSPS) is 11.4. The Morgan fingerprint density at radius 2 is 1.14 bits per heavy atom. The van der Waals surface area contributed by atoms with Gasteiger partial charge in [0.15, 0.2) is 0 Å². The molecule has 0 unspecified atom stereocenters. The number of methoxy groups -OCH3 is 1. The van der Waals surface area contributed by atoms with Gasteiger partial charge in [-0.3, -0.25) is 0 Å². The number of hydrogen-bond acceptors (Lipinski definition) is 2. The Labute approximate surface area is 182 Å². The molecule has 0 aliphatic carbocycles. The molecule has 0 aliphatic rings. The summed E-state index contributed by atoms with van der Waals surface area (Å²) < 4.78 is 17.5. The molecule has 0 N–H and O–H groups in total. The molecule has 160 valence electrons. The molecule has 0 atom stereocenters. The van der Waals surface area contributed by atoms with E-state index in [1.165, 1.54) is 57.4 Å². The number of ether oxygens (including phenoxy) is 2. The van der Waals surface area contributed by atoms with Crippen molar-refractivity contribution in [2.45, 2.75) is 79.2 Å². The van der Waals surface area contributed by atoms with Crippen molar-refractivity contribution in [1.29, 1.82) is 0 Å². The van der Waals surface area contributed by atoms with Gasteiger partial charge in [-0.25, -0.2) is 0 Å². The van der Waals surface area contributed by atoms with Crippen molar-refractivity contribution in [1.82, 2.24) is 0 Å². The van der Waals surface area contributed by atoms with Gasteiger partial charge in [0.1, 0.15) is 0 Å². The van der Waals surface area contributed by atoms with E-state index in [0.29, 0.717) is 6.61 Å². The van der Waals surface area contributed by atoms with Crippen molar-refractivity contribution in [3.63, 3.8) is 0 Å². The molecule has 0 aliphatic heterocycles. The van der Waals surface area contributed by atoms with E-state index in [0.717, 1.165) is 11.5 Å². The van der Waals surface area contributed by atoms with Crippen LogP contribution >= 0.6 is 0 Å². The molecule has 0 bridgehead atoms. The van der Waals surface area contributed by atoms with Gasteiger partial charge in [-0.05, 0) is 0 Å². The molecule has 0 aromatic heterocycles. The summed E-state index contributed by atoms with van der Waals surface area (Å²) >= 11 is -2.31. The molecular formula is C26H40O2Sn. The summed E-state index contributed by atoms with van der Waals surface area (Å²) in [6.07, 6.45) is 8.20. The molecule has 3 heteroatoms. The third-order valence-corrected chi connectivity index (χ3v) is 21.7. The first-order chi connectivity index (χ1) is 14.2. The SMILES string of the molecule is CCC[CH2][Sn]([CH2]CCC)([CH2]CCC)[c]1ccc(COc2ccc(OC)cc2)cc1. The van der Waals surface area contributed by atoms with Crippen LogP contribution in [0.1, 0.15) is 64.9 Å². The van der Waals surface area contributed by atoms with Crippen molar-refractivity contribution in [2.24, 2.45) is 0 Å². The van der Waals surface area contributed by atoms with E-state index < -0.39 is 18.4 Å². The van der Waals surface area contributed by atoms with E-state index in [4.69, 9.17) is 9.47 Å². The van der Waals surface area contributed by atoms with E-state index in [-0.39, 0.29) is 0 Å². The maximum absolute atomic E-state index is 5.97. The first-order valence-electron chi connectivity index (χ1n) is 11.5. The molecule has 0 fully saturated rings. The van der Waals surface area contributed by atoms with Gasteiger partial charge in [0.25, 0.3) is 0 Å². The zero-order valence-electron chi connectivity index (χ0n) is 19.0. The van der Waals surface area contributed by atoms with E-state index in [2.05, 4.69) is 45.0 Å². The zero-order chi connectivity index (χ0) is 21.0. The predicted octanol–water partition coefficient (Wildman–Crippen LogP) is 7.33. The van der Waals surface area contributed by atoms with Crippen molar-refractivity contribution in [2.75, 3.05) is 7.11 Å². The molecular weight excluding hydrogens is 463 g/mol. The third kappa shape index (κ3) is 7.55.